The van der Waals surface area contributed by atoms with Gasteiger partial charge in [0.15, 0.2) is 11.5 Å². The first-order valence-corrected chi connectivity index (χ1v) is 12.5. The molecule has 4 aromatic rings. The zero-order valence-electron chi connectivity index (χ0n) is 21.6. The Hall–Kier alpha value is -3.81. The zero-order chi connectivity index (χ0) is 27.1. The van der Waals surface area contributed by atoms with Crippen LogP contribution >= 0.6 is 23.2 Å². The van der Waals surface area contributed by atoms with Gasteiger partial charge in [0.25, 0.3) is 5.91 Å². The van der Waals surface area contributed by atoms with E-state index in [1.165, 1.54) is 0 Å². The highest BCUT2D eigenvalue weighted by Gasteiger charge is 2.28. The van der Waals surface area contributed by atoms with Gasteiger partial charge in [-0.15, -0.1) is 0 Å². The molecule has 1 N–H and O–H groups in total. The Morgan fingerprint density at radius 2 is 1.61 bits per heavy atom. The van der Waals surface area contributed by atoms with Gasteiger partial charge in [-0.25, -0.2) is 0 Å². The molecule has 0 radical (unpaired) electrons. The number of carbonyl (C=O) groups excluding carboxylic acids is 1. The molecule has 38 heavy (non-hydrogen) atoms. The highest BCUT2D eigenvalue weighted by molar-refractivity contribution is 6.42. The first-order valence-electron chi connectivity index (χ1n) is 11.8. The van der Waals surface area contributed by atoms with E-state index < -0.39 is 0 Å². The normalized spacial score (nSPS) is 13.6. The van der Waals surface area contributed by atoms with Crippen molar-refractivity contribution >= 4 is 57.3 Å². The Balaban J connectivity index is 1.73. The molecule has 7 nitrogen and oxygen atoms in total. The third kappa shape index (κ3) is 4.22. The number of aryl methyl sites for hydroxylation is 1. The van der Waals surface area contributed by atoms with Gasteiger partial charge >= 0.3 is 0 Å². The van der Waals surface area contributed by atoms with E-state index in [2.05, 4.69) is 5.32 Å². The maximum absolute atomic E-state index is 13.0. The number of aromatic nitrogens is 1. The van der Waals surface area contributed by atoms with Crippen LogP contribution in [-0.2, 0) is 11.3 Å². The number of benzene rings is 3. The molecule has 5 rings (SSSR count). The van der Waals surface area contributed by atoms with Crippen LogP contribution in [0.2, 0.25) is 10.2 Å². The molecule has 1 amide bonds. The van der Waals surface area contributed by atoms with Crippen LogP contribution in [0.25, 0.3) is 22.6 Å². The highest BCUT2D eigenvalue weighted by Crippen LogP contribution is 2.43. The predicted molar refractivity (Wildman–Crippen MR) is 151 cm³/mol. The number of hydrogen-bond donors (Lipinski definition) is 1. The molecule has 1 aliphatic heterocycles. The minimum absolute atomic E-state index is 0.242. The van der Waals surface area contributed by atoms with E-state index in [0.29, 0.717) is 62.1 Å². The molecule has 1 aliphatic rings. The molecule has 2 heterocycles. The number of anilines is 1. The van der Waals surface area contributed by atoms with Crippen LogP contribution in [0.5, 0.6) is 23.0 Å². The highest BCUT2D eigenvalue weighted by atomic mass is 35.5. The lowest BCUT2D eigenvalue weighted by molar-refractivity contribution is -0.110. The Labute approximate surface area is 230 Å². The van der Waals surface area contributed by atoms with Crippen molar-refractivity contribution in [3.63, 3.8) is 0 Å². The number of carbonyl (C=O) groups is 1. The van der Waals surface area contributed by atoms with Crippen molar-refractivity contribution in [1.29, 1.82) is 0 Å². The molecule has 0 bridgehead atoms. The molecule has 0 spiro atoms. The Morgan fingerprint density at radius 3 is 2.24 bits per heavy atom. The van der Waals surface area contributed by atoms with Crippen LogP contribution in [0, 0.1) is 6.92 Å². The van der Waals surface area contributed by atoms with Crippen molar-refractivity contribution in [2.75, 3.05) is 33.8 Å². The van der Waals surface area contributed by atoms with Gasteiger partial charge in [0.1, 0.15) is 10.9 Å². The van der Waals surface area contributed by atoms with Gasteiger partial charge in [0, 0.05) is 23.1 Å². The number of rotatable bonds is 7. The second kappa shape index (κ2) is 10.2. The van der Waals surface area contributed by atoms with E-state index in [-0.39, 0.29) is 5.91 Å². The number of hydrogen-bond acceptors (Lipinski definition) is 5. The quantitative estimate of drug-likeness (QED) is 0.254. The lowest BCUT2D eigenvalue weighted by Crippen LogP contribution is -2.04. The molecular weight excluding hydrogens is 527 g/mol. The van der Waals surface area contributed by atoms with Crippen LogP contribution in [0.15, 0.2) is 42.5 Å². The van der Waals surface area contributed by atoms with Crippen molar-refractivity contribution in [3.05, 3.63) is 74.9 Å². The van der Waals surface area contributed by atoms with Gasteiger partial charge in [-0.1, -0.05) is 29.3 Å². The molecule has 3 aromatic carbocycles. The molecule has 0 atom stereocenters. The second-order valence-electron chi connectivity index (χ2n) is 8.84. The number of methoxy groups -OCH3 is 4. The van der Waals surface area contributed by atoms with Crippen molar-refractivity contribution in [1.82, 2.24) is 4.57 Å². The van der Waals surface area contributed by atoms with Crippen LogP contribution in [-0.4, -0.2) is 38.9 Å². The third-order valence-electron chi connectivity index (χ3n) is 6.68. The van der Waals surface area contributed by atoms with Gasteiger partial charge < -0.3 is 28.8 Å². The maximum atomic E-state index is 13.0. The standard InChI is InChI=1S/C29H26Cl2N2O5/c1-15-9-22-17(13-23(15)35-2)18(12-19-26-20(30)7-6-8-21(26)32-29(19)34)28(31)33(22)14-16-10-24(36-3)27(38-5)25(11-16)37-4/h6-13H,14H2,1-5H3,(H,32,34)/b19-12+. The molecule has 0 unspecified atom stereocenters. The fourth-order valence-electron chi connectivity index (χ4n) is 4.88. The van der Waals surface area contributed by atoms with E-state index in [0.717, 1.165) is 22.0 Å². The second-order valence-corrected chi connectivity index (χ2v) is 9.60. The molecule has 0 saturated heterocycles. The molecule has 0 saturated carbocycles. The van der Waals surface area contributed by atoms with Crippen molar-refractivity contribution in [2.45, 2.75) is 13.5 Å². The SMILES string of the molecule is COc1cc2c(/C=C3/C(=O)Nc4cccc(Cl)c43)c(Cl)n(Cc3cc(OC)c(OC)c(OC)c3)c2cc1C. The van der Waals surface area contributed by atoms with Gasteiger partial charge in [-0.3, -0.25) is 4.79 Å². The fourth-order valence-corrected chi connectivity index (χ4v) is 5.47. The van der Waals surface area contributed by atoms with Gasteiger partial charge in [0.2, 0.25) is 5.75 Å². The fraction of sp³-hybridized carbons (Fsp3) is 0.207. The van der Waals surface area contributed by atoms with Gasteiger partial charge in [0.05, 0.1) is 50.2 Å². The van der Waals surface area contributed by atoms with E-state index in [1.807, 2.05) is 41.8 Å². The molecule has 0 aliphatic carbocycles. The molecular formula is C29H26Cl2N2O5. The summed E-state index contributed by atoms with van der Waals surface area (Å²) in [5.74, 6) is 2.07. The van der Waals surface area contributed by atoms with Crippen LogP contribution in [0.3, 0.4) is 0 Å². The van der Waals surface area contributed by atoms with E-state index >= 15 is 0 Å². The lowest BCUT2D eigenvalue weighted by Gasteiger charge is -2.15. The Kier molecular flexibility index (Phi) is 6.90. The zero-order valence-corrected chi connectivity index (χ0v) is 23.1. The summed E-state index contributed by atoms with van der Waals surface area (Å²) in [5.41, 5.74) is 5.17. The molecule has 0 fully saturated rings. The van der Waals surface area contributed by atoms with E-state index in [1.54, 1.807) is 46.6 Å². The number of nitrogens with zero attached hydrogens (tertiary/aromatic N) is 1. The largest absolute Gasteiger partial charge is 0.496 e. The number of halogens is 2. The average Bonchev–Trinajstić information content (AvgIpc) is 3.36. The summed E-state index contributed by atoms with van der Waals surface area (Å²) >= 11 is 13.6. The number of amides is 1. The monoisotopic (exact) mass is 552 g/mol. The summed E-state index contributed by atoms with van der Waals surface area (Å²) in [6.07, 6.45) is 1.79. The third-order valence-corrected chi connectivity index (χ3v) is 7.41. The summed E-state index contributed by atoms with van der Waals surface area (Å²) in [6.45, 7) is 2.38. The molecule has 9 heteroatoms. The van der Waals surface area contributed by atoms with Crippen LogP contribution < -0.4 is 24.3 Å². The van der Waals surface area contributed by atoms with Crippen LogP contribution in [0.4, 0.5) is 5.69 Å². The smallest absolute Gasteiger partial charge is 0.256 e. The summed E-state index contributed by atoms with van der Waals surface area (Å²) in [4.78, 5) is 13.0. The summed E-state index contributed by atoms with van der Waals surface area (Å²) in [7, 11) is 6.35. The Morgan fingerprint density at radius 1 is 0.921 bits per heavy atom. The molecule has 1 aromatic heterocycles. The first-order chi connectivity index (χ1) is 18.3. The topological polar surface area (TPSA) is 71.0 Å². The van der Waals surface area contributed by atoms with Crippen molar-refractivity contribution in [2.24, 2.45) is 0 Å². The van der Waals surface area contributed by atoms with Crippen LogP contribution in [0.1, 0.15) is 22.3 Å². The summed E-state index contributed by atoms with van der Waals surface area (Å²) in [6, 6.07) is 13.1. The van der Waals surface area contributed by atoms with Gasteiger partial charge in [-0.2, -0.15) is 0 Å². The van der Waals surface area contributed by atoms with Crippen molar-refractivity contribution < 1.29 is 23.7 Å². The summed E-state index contributed by atoms with van der Waals surface area (Å²) < 4.78 is 24.2. The Bertz CT molecular complexity index is 1600. The first kappa shape index (κ1) is 25.8. The minimum atomic E-state index is -0.242. The summed E-state index contributed by atoms with van der Waals surface area (Å²) in [5, 5.41) is 4.67. The molecule has 196 valence electrons. The van der Waals surface area contributed by atoms with Gasteiger partial charge in [-0.05, 0) is 60.5 Å². The average molecular weight is 553 g/mol. The van der Waals surface area contributed by atoms with E-state index in [4.69, 9.17) is 42.1 Å². The number of nitrogens with one attached hydrogen (secondary N) is 1. The van der Waals surface area contributed by atoms with E-state index in [9.17, 15) is 4.79 Å². The maximum Gasteiger partial charge on any atom is 0.256 e. The predicted octanol–water partition coefficient (Wildman–Crippen LogP) is 6.83. The number of ether oxygens (including phenoxy) is 4. The minimum Gasteiger partial charge on any atom is -0.496 e. The van der Waals surface area contributed by atoms with Crippen molar-refractivity contribution in [3.8, 4) is 23.0 Å². The number of fused-ring (bicyclic) bond motifs is 2. The lowest BCUT2D eigenvalue weighted by atomic mass is 10.0.